The van der Waals surface area contributed by atoms with E-state index in [9.17, 15) is 4.79 Å². The second-order valence-corrected chi connectivity index (χ2v) is 4.48. The van der Waals surface area contributed by atoms with Gasteiger partial charge in [0.15, 0.2) is 0 Å². The van der Waals surface area contributed by atoms with Crippen LogP contribution in [-0.2, 0) is 11.3 Å². The molecule has 0 aliphatic carbocycles. The fourth-order valence-corrected chi connectivity index (χ4v) is 2.02. The van der Waals surface area contributed by atoms with Gasteiger partial charge in [0, 0.05) is 24.5 Å². The van der Waals surface area contributed by atoms with Crippen molar-refractivity contribution in [3.63, 3.8) is 0 Å². The predicted octanol–water partition coefficient (Wildman–Crippen LogP) is 1.85. The van der Waals surface area contributed by atoms with Crippen LogP contribution in [-0.4, -0.2) is 24.5 Å². The van der Waals surface area contributed by atoms with Gasteiger partial charge >= 0.3 is 0 Å². The Morgan fingerprint density at radius 1 is 1.26 bits per heavy atom. The number of benzene rings is 1. The number of hydrogen-bond acceptors (Lipinski definition) is 3. The summed E-state index contributed by atoms with van der Waals surface area (Å²) in [5.41, 5.74) is 2.01. The quantitative estimate of drug-likeness (QED) is 0.777. The van der Waals surface area contributed by atoms with E-state index in [2.05, 4.69) is 15.6 Å². The largest absolute Gasteiger partial charge is 0.352 e. The summed E-state index contributed by atoms with van der Waals surface area (Å²) in [6.45, 7) is 1.40. The summed E-state index contributed by atoms with van der Waals surface area (Å²) in [4.78, 5) is 16.0. The highest BCUT2D eigenvalue weighted by molar-refractivity contribution is 5.82. The Kier molecular flexibility index (Phi) is 4.86. The van der Waals surface area contributed by atoms with Crippen LogP contribution in [0.2, 0.25) is 0 Å². The molecule has 2 N–H and O–H groups in total. The highest BCUT2D eigenvalue weighted by atomic mass is 16.1. The highest BCUT2D eigenvalue weighted by Crippen LogP contribution is 2.15. The zero-order valence-corrected chi connectivity index (χ0v) is 11.1. The summed E-state index contributed by atoms with van der Waals surface area (Å²) < 4.78 is 0. The lowest BCUT2D eigenvalue weighted by Crippen LogP contribution is -2.23. The number of amides is 1. The zero-order chi connectivity index (χ0) is 13.5. The summed E-state index contributed by atoms with van der Waals surface area (Å²) in [5, 5.41) is 7.08. The van der Waals surface area contributed by atoms with Crippen molar-refractivity contribution in [2.75, 3.05) is 13.6 Å². The molecule has 0 aliphatic rings. The minimum atomic E-state index is 0.0863. The zero-order valence-electron chi connectivity index (χ0n) is 11.1. The Labute approximate surface area is 113 Å². The van der Waals surface area contributed by atoms with E-state index < -0.39 is 0 Å². The third-order valence-corrected chi connectivity index (χ3v) is 3.02. The van der Waals surface area contributed by atoms with Crippen molar-refractivity contribution in [3.8, 4) is 0 Å². The maximum absolute atomic E-state index is 11.7. The summed E-state index contributed by atoms with van der Waals surface area (Å²) in [7, 11) is 1.89. The standard InChI is InChI=1S/C15H19N3O/c1-16-9-4-8-14(19)18-11-13-6-2-5-12-7-3-10-17-15(12)13/h2-3,5-7,10,16H,4,8-9,11H2,1H3,(H,18,19). The van der Waals surface area contributed by atoms with Crippen molar-refractivity contribution in [3.05, 3.63) is 42.1 Å². The molecule has 19 heavy (non-hydrogen) atoms. The van der Waals surface area contributed by atoms with Gasteiger partial charge in [0.1, 0.15) is 0 Å². The molecule has 1 aromatic carbocycles. The van der Waals surface area contributed by atoms with Gasteiger partial charge in [-0.2, -0.15) is 0 Å². The SMILES string of the molecule is CNCCCC(=O)NCc1cccc2cccnc12. The number of pyridine rings is 1. The number of fused-ring (bicyclic) bond motifs is 1. The third kappa shape index (κ3) is 3.76. The lowest BCUT2D eigenvalue weighted by Gasteiger charge is -2.07. The molecular weight excluding hydrogens is 238 g/mol. The van der Waals surface area contributed by atoms with Gasteiger partial charge in [-0.15, -0.1) is 0 Å². The minimum absolute atomic E-state index is 0.0863. The van der Waals surface area contributed by atoms with Crippen molar-refractivity contribution >= 4 is 16.8 Å². The van der Waals surface area contributed by atoms with E-state index in [0.717, 1.165) is 29.4 Å². The van der Waals surface area contributed by atoms with E-state index in [-0.39, 0.29) is 5.91 Å². The first kappa shape index (κ1) is 13.5. The Hall–Kier alpha value is -1.94. The van der Waals surface area contributed by atoms with Gasteiger partial charge < -0.3 is 10.6 Å². The lowest BCUT2D eigenvalue weighted by molar-refractivity contribution is -0.121. The number of carbonyl (C=O) groups is 1. The molecule has 0 unspecified atom stereocenters. The molecule has 0 spiro atoms. The van der Waals surface area contributed by atoms with E-state index in [0.29, 0.717) is 13.0 Å². The Morgan fingerprint density at radius 2 is 2.11 bits per heavy atom. The van der Waals surface area contributed by atoms with Gasteiger partial charge in [-0.25, -0.2) is 0 Å². The van der Waals surface area contributed by atoms with E-state index in [1.54, 1.807) is 6.20 Å². The normalized spacial score (nSPS) is 10.6. The van der Waals surface area contributed by atoms with E-state index in [4.69, 9.17) is 0 Å². The number of hydrogen-bond donors (Lipinski definition) is 2. The van der Waals surface area contributed by atoms with Crippen LogP contribution >= 0.6 is 0 Å². The fourth-order valence-electron chi connectivity index (χ4n) is 2.02. The van der Waals surface area contributed by atoms with Crippen molar-refractivity contribution in [1.29, 1.82) is 0 Å². The van der Waals surface area contributed by atoms with Crippen molar-refractivity contribution in [2.24, 2.45) is 0 Å². The average molecular weight is 257 g/mol. The third-order valence-electron chi connectivity index (χ3n) is 3.02. The van der Waals surface area contributed by atoms with Crippen LogP contribution in [0.4, 0.5) is 0 Å². The highest BCUT2D eigenvalue weighted by Gasteiger charge is 2.04. The number of carbonyl (C=O) groups excluding carboxylic acids is 1. The number of nitrogens with zero attached hydrogens (tertiary/aromatic N) is 1. The molecule has 0 bridgehead atoms. The number of nitrogens with one attached hydrogen (secondary N) is 2. The molecule has 1 heterocycles. The second kappa shape index (κ2) is 6.85. The van der Waals surface area contributed by atoms with E-state index in [1.165, 1.54) is 0 Å². The van der Waals surface area contributed by atoms with E-state index >= 15 is 0 Å². The number of aromatic nitrogens is 1. The molecule has 100 valence electrons. The predicted molar refractivity (Wildman–Crippen MR) is 76.8 cm³/mol. The molecule has 2 aromatic rings. The maximum Gasteiger partial charge on any atom is 0.220 e. The Balaban J connectivity index is 1.96. The van der Waals surface area contributed by atoms with Crippen LogP contribution in [0.25, 0.3) is 10.9 Å². The van der Waals surface area contributed by atoms with Gasteiger partial charge in [0.25, 0.3) is 0 Å². The molecule has 4 heteroatoms. The molecule has 4 nitrogen and oxygen atoms in total. The number of rotatable bonds is 6. The summed E-state index contributed by atoms with van der Waals surface area (Å²) in [6.07, 6.45) is 3.19. The fraction of sp³-hybridized carbons (Fsp3) is 0.333. The lowest BCUT2D eigenvalue weighted by atomic mass is 10.1. The smallest absolute Gasteiger partial charge is 0.220 e. The molecule has 0 aliphatic heterocycles. The summed E-state index contributed by atoms with van der Waals surface area (Å²) in [6, 6.07) is 9.97. The molecule has 1 amide bonds. The summed E-state index contributed by atoms with van der Waals surface area (Å²) in [5.74, 6) is 0.0863. The van der Waals surface area contributed by atoms with Crippen LogP contribution in [0.1, 0.15) is 18.4 Å². The molecule has 0 atom stereocenters. The molecule has 2 rings (SSSR count). The minimum Gasteiger partial charge on any atom is -0.352 e. The van der Waals surface area contributed by atoms with Crippen LogP contribution in [0.3, 0.4) is 0 Å². The molecule has 0 saturated heterocycles. The van der Waals surface area contributed by atoms with Gasteiger partial charge in [0.05, 0.1) is 5.52 Å². The second-order valence-electron chi connectivity index (χ2n) is 4.48. The van der Waals surface area contributed by atoms with Crippen molar-refractivity contribution in [1.82, 2.24) is 15.6 Å². The molecule has 1 aromatic heterocycles. The topological polar surface area (TPSA) is 54.0 Å². The van der Waals surface area contributed by atoms with Crippen molar-refractivity contribution < 1.29 is 4.79 Å². The molecule has 0 radical (unpaired) electrons. The molecule has 0 fully saturated rings. The number of para-hydroxylation sites is 1. The molecular formula is C15H19N3O. The van der Waals surface area contributed by atoms with Crippen molar-refractivity contribution in [2.45, 2.75) is 19.4 Å². The monoisotopic (exact) mass is 257 g/mol. The van der Waals surface area contributed by atoms with E-state index in [1.807, 2.05) is 37.4 Å². The van der Waals surface area contributed by atoms with Gasteiger partial charge in [-0.05, 0) is 31.6 Å². The van der Waals surface area contributed by atoms with Crippen LogP contribution in [0.15, 0.2) is 36.5 Å². The first-order valence-corrected chi connectivity index (χ1v) is 6.55. The maximum atomic E-state index is 11.7. The van der Waals surface area contributed by atoms with Gasteiger partial charge in [0.2, 0.25) is 5.91 Å². The van der Waals surface area contributed by atoms with Gasteiger partial charge in [-0.1, -0.05) is 24.3 Å². The van der Waals surface area contributed by atoms with Crippen LogP contribution in [0, 0.1) is 0 Å². The Morgan fingerprint density at radius 3 is 2.95 bits per heavy atom. The Bertz CT molecular complexity index is 549. The first-order valence-electron chi connectivity index (χ1n) is 6.55. The first-order chi connectivity index (χ1) is 9.31. The van der Waals surface area contributed by atoms with Gasteiger partial charge in [-0.3, -0.25) is 9.78 Å². The van der Waals surface area contributed by atoms with Crippen LogP contribution in [0.5, 0.6) is 0 Å². The average Bonchev–Trinajstić information content (AvgIpc) is 2.45. The molecule has 0 saturated carbocycles. The van der Waals surface area contributed by atoms with Crippen LogP contribution < -0.4 is 10.6 Å². The summed E-state index contributed by atoms with van der Waals surface area (Å²) >= 11 is 0.